The Morgan fingerprint density at radius 1 is 1.41 bits per heavy atom. The van der Waals surface area contributed by atoms with E-state index in [0.717, 1.165) is 31.3 Å². The molecule has 1 aliphatic carbocycles. The maximum Gasteiger partial charge on any atom is 0.239 e. The molecule has 3 nitrogen and oxygen atoms in total. The summed E-state index contributed by atoms with van der Waals surface area (Å²) in [6, 6.07) is -0.206. The van der Waals surface area contributed by atoms with Crippen molar-refractivity contribution in [1.82, 2.24) is 4.90 Å². The predicted molar refractivity (Wildman–Crippen MR) is 93.5 cm³/mol. The first-order valence-electron chi connectivity index (χ1n) is 8.04. The van der Waals surface area contributed by atoms with Crippen molar-refractivity contribution in [3.63, 3.8) is 0 Å². The van der Waals surface area contributed by atoms with E-state index >= 15 is 0 Å². The van der Waals surface area contributed by atoms with Crippen LogP contribution in [-0.4, -0.2) is 40.9 Å². The van der Waals surface area contributed by atoms with E-state index < -0.39 is 4.87 Å². The van der Waals surface area contributed by atoms with E-state index in [-0.39, 0.29) is 24.6 Å². The number of nitrogens with zero attached hydrogens (tertiary/aromatic N) is 1. The van der Waals surface area contributed by atoms with Crippen LogP contribution in [0.15, 0.2) is 23.8 Å². The molecule has 0 heterocycles. The Bertz CT molecular complexity index is 423. The summed E-state index contributed by atoms with van der Waals surface area (Å²) in [6.45, 7) is 7.08. The highest BCUT2D eigenvalue weighted by Crippen LogP contribution is 2.38. The normalized spacial score (nSPS) is 24.2. The summed E-state index contributed by atoms with van der Waals surface area (Å²) >= 11 is 12.6. The van der Waals surface area contributed by atoms with Crippen LogP contribution in [0.1, 0.15) is 46.5 Å². The van der Waals surface area contributed by atoms with Gasteiger partial charge in [-0.25, -0.2) is 0 Å². The van der Waals surface area contributed by atoms with Gasteiger partial charge >= 0.3 is 0 Å². The highest BCUT2D eigenvalue weighted by atomic mass is 35.5. The van der Waals surface area contributed by atoms with Gasteiger partial charge in [-0.05, 0) is 24.8 Å². The van der Waals surface area contributed by atoms with Crippen molar-refractivity contribution in [1.29, 1.82) is 0 Å². The smallest absolute Gasteiger partial charge is 0.239 e. The summed E-state index contributed by atoms with van der Waals surface area (Å²) in [4.78, 5) is 13.4. The molecule has 0 N–H and O–H groups in total. The van der Waals surface area contributed by atoms with Gasteiger partial charge in [-0.1, -0.05) is 45.4 Å². The van der Waals surface area contributed by atoms with Crippen LogP contribution in [0.5, 0.6) is 0 Å². The fourth-order valence-electron chi connectivity index (χ4n) is 2.68. The molecule has 0 bridgehead atoms. The molecule has 1 rings (SSSR count). The van der Waals surface area contributed by atoms with Gasteiger partial charge in [0, 0.05) is 6.61 Å². The Morgan fingerprint density at radius 2 is 2.14 bits per heavy atom. The molecule has 1 aliphatic rings. The van der Waals surface area contributed by atoms with E-state index in [9.17, 15) is 4.79 Å². The maximum atomic E-state index is 12.3. The lowest BCUT2D eigenvalue weighted by molar-refractivity contribution is -0.137. The van der Waals surface area contributed by atoms with Crippen LogP contribution >= 0.6 is 23.2 Å². The van der Waals surface area contributed by atoms with Gasteiger partial charge in [-0.2, -0.15) is 0 Å². The molecule has 2 unspecified atom stereocenters. The minimum atomic E-state index is -0.601. The second-order valence-electron chi connectivity index (χ2n) is 5.53. The van der Waals surface area contributed by atoms with E-state index in [2.05, 4.69) is 13.8 Å². The van der Waals surface area contributed by atoms with Crippen LogP contribution in [-0.2, 0) is 9.53 Å². The molecule has 1 amide bonds. The number of carbonyl (C=O) groups excluding carboxylic acids is 1. The molecule has 0 aliphatic heterocycles. The lowest BCUT2D eigenvalue weighted by Gasteiger charge is -2.43. The number of rotatable bonds is 9. The lowest BCUT2D eigenvalue weighted by atomic mass is 9.83. The van der Waals surface area contributed by atoms with Crippen LogP contribution in [0.4, 0.5) is 0 Å². The fraction of sp³-hybridized carbons (Fsp3) is 0.706. The van der Waals surface area contributed by atoms with Crippen LogP contribution in [0.3, 0.4) is 0 Å². The molecular weight excluding hydrogens is 321 g/mol. The zero-order valence-corrected chi connectivity index (χ0v) is 15.3. The highest BCUT2D eigenvalue weighted by Gasteiger charge is 2.42. The molecule has 0 radical (unpaired) electrons. The summed E-state index contributed by atoms with van der Waals surface area (Å²) in [6.07, 6.45) is 9.60. The number of unbranched alkanes of at least 4 members (excludes halogenated alkanes) is 1. The van der Waals surface area contributed by atoms with Gasteiger partial charge in [0.25, 0.3) is 0 Å². The number of alkyl halides is 2. The molecule has 0 saturated heterocycles. The van der Waals surface area contributed by atoms with Crippen LogP contribution < -0.4 is 0 Å². The fourth-order valence-corrected chi connectivity index (χ4v) is 3.16. The van der Waals surface area contributed by atoms with Crippen molar-refractivity contribution in [3.8, 4) is 0 Å². The molecule has 22 heavy (non-hydrogen) atoms. The predicted octanol–water partition coefficient (Wildman–Crippen LogP) is 4.49. The molecule has 0 spiro atoms. The van der Waals surface area contributed by atoms with Gasteiger partial charge in [0.2, 0.25) is 5.91 Å². The number of carbonyl (C=O) groups is 1. The van der Waals surface area contributed by atoms with Crippen molar-refractivity contribution in [2.75, 3.05) is 19.2 Å². The first kappa shape index (κ1) is 19.5. The Morgan fingerprint density at radius 3 is 2.68 bits per heavy atom. The Hall–Kier alpha value is -0.510. The second kappa shape index (κ2) is 9.59. The monoisotopic (exact) mass is 347 g/mol. The highest BCUT2D eigenvalue weighted by molar-refractivity contribution is 6.28. The third-order valence-electron chi connectivity index (χ3n) is 4.06. The average Bonchev–Trinajstić information content (AvgIpc) is 2.54. The van der Waals surface area contributed by atoms with Crippen molar-refractivity contribution < 1.29 is 9.53 Å². The number of ether oxygens (including phenoxy) is 1. The largest absolute Gasteiger partial charge is 0.361 e. The molecule has 0 fully saturated rings. The van der Waals surface area contributed by atoms with Crippen molar-refractivity contribution in [3.05, 3.63) is 23.8 Å². The summed E-state index contributed by atoms with van der Waals surface area (Å²) in [5.74, 6) is -0.207. The molecule has 5 heteroatoms. The molecule has 0 saturated carbocycles. The molecular formula is C17H27Cl2NO2. The van der Waals surface area contributed by atoms with Gasteiger partial charge < -0.3 is 9.64 Å². The zero-order valence-electron chi connectivity index (χ0n) is 13.8. The van der Waals surface area contributed by atoms with E-state index in [4.69, 9.17) is 27.9 Å². The van der Waals surface area contributed by atoms with Gasteiger partial charge in [-0.3, -0.25) is 4.79 Å². The molecule has 2 atom stereocenters. The lowest BCUT2D eigenvalue weighted by Crippen LogP contribution is -2.54. The number of allylic oxidation sites excluding steroid dienone is 2. The van der Waals surface area contributed by atoms with Crippen LogP contribution in [0.2, 0.25) is 0 Å². The quantitative estimate of drug-likeness (QED) is 0.349. The standard InChI is InChI=1S/C17H27Cl2NO2/c1-4-7-11-22-13-20(15(21)12-18)16-14(5-2)9-8-10-17(16,19)6-3/h8-10,16H,4-7,11-13H2,1-3H3. The molecule has 0 aromatic heterocycles. The molecule has 126 valence electrons. The molecule has 0 aromatic carbocycles. The average molecular weight is 348 g/mol. The van der Waals surface area contributed by atoms with Gasteiger partial charge in [0.15, 0.2) is 0 Å². The minimum absolute atomic E-state index is 0.0645. The van der Waals surface area contributed by atoms with E-state index in [1.54, 1.807) is 4.90 Å². The summed E-state index contributed by atoms with van der Waals surface area (Å²) in [5.41, 5.74) is 1.14. The SMILES string of the molecule is CCCCOCN(C(=O)CCl)C1C(CC)=CC=CC1(Cl)CC. The Kier molecular flexibility index (Phi) is 8.52. The summed E-state index contributed by atoms with van der Waals surface area (Å²) in [7, 11) is 0. The topological polar surface area (TPSA) is 29.5 Å². The van der Waals surface area contributed by atoms with Gasteiger partial charge in [0.1, 0.15) is 12.6 Å². The van der Waals surface area contributed by atoms with E-state index in [1.165, 1.54) is 0 Å². The zero-order chi connectivity index (χ0) is 16.6. The number of amides is 1. The van der Waals surface area contributed by atoms with E-state index in [1.807, 2.05) is 25.2 Å². The van der Waals surface area contributed by atoms with Crippen molar-refractivity contribution in [2.45, 2.75) is 57.4 Å². The van der Waals surface area contributed by atoms with Gasteiger partial charge in [0.05, 0.1) is 10.9 Å². The van der Waals surface area contributed by atoms with Gasteiger partial charge in [-0.15, -0.1) is 23.2 Å². The van der Waals surface area contributed by atoms with Crippen LogP contribution in [0, 0.1) is 0 Å². The van der Waals surface area contributed by atoms with E-state index in [0.29, 0.717) is 6.61 Å². The summed E-state index contributed by atoms with van der Waals surface area (Å²) < 4.78 is 5.68. The first-order chi connectivity index (χ1) is 10.5. The Balaban J connectivity index is 2.99. The third kappa shape index (κ3) is 4.74. The number of hydrogen-bond donors (Lipinski definition) is 0. The number of hydrogen-bond acceptors (Lipinski definition) is 2. The van der Waals surface area contributed by atoms with Crippen LogP contribution in [0.25, 0.3) is 0 Å². The summed E-state index contributed by atoms with van der Waals surface area (Å²) in [5, 5.41) is 0. The Labute approximate surface area is 144 Å². The first-order valence-corrected chi connectivity index (χ1v) is 8.95. The number of halogens is 2. The second-order valence-corrected chi connectivity index (χ2v) is 6.50. The van der Waals surface area contributed by atoms with Crippen molar-refractivity contribution in [2.24, 2.45) is 0 Å². The maximum absolute atomic E-state index is 12.3. The molecule has 0 aromatic rings. The minimum Gasteiger partial charge on any atom is -0.361 e. The van der Waals surface area contributed by atoms with Crippen molar-refractivity contribution >= 4 is 29.1 Å². The third-order valence-corrected chi connectivity index (χ3v) is 4.89.